The van der Waals surface area contributed by atoms with E-state index in [0.29, 0.717) is 11.5 Å². The summed E-state index contributed by atoms with van der Waals surface area (Å²) in [6.45, 7) is 7.25. The number of nitrogens with zero attached hydrogens (tertiary/aromatic N) is 3. The summed E-state index contributed by atoms with van der Waals surface area (Å²) < 4.78 is 0. The molecule has 7 nitrogen and oxygen atoms in total. The Balaban J connectivity index is 2.36. The van der Waals surface area contributed by atoms with Gasteiger partial charge in [-0.25, -0.2) is 0 Å². The van der Waals surface area contributed by atoms with Gasteiger partial charge in [0.2, 0.25) is 0 Å². The van der Waals surface area contributed by atoms with Crippen LogP contribution < -0.4 is 4.90 Å². The zero-order chi connectivity index (χ0) is 18.8. The molecule has 1 saturated heterocycles. The highest BCUT2D eigenvalue weighted by Gasteiger charge is 2.27. The van der Waals surface area contributed by atoms with Crippen LogP contribution in [0.15, 0.2) is 18.2 Å². The number of non-ortho nitro benzene ring substituents is 1. The van der Waals surface area contributed by atoms with Gasteiger partial charge in [0.05, 0.1) is 21.8 Å². The summed E-state index contributed by atoms with van der Waals surface area (Å²) in [6, 6.07) is 4.45. The standard InChI is InChI=1S/C18H27N3O4/c1-13-7-9-20(10-8-13)16-6-5-14(21(24)25)11-15(16)17(22)19(4)12-18(2,3)23/h5-6,11,13,23H,7-10,12H2,1-4H3. The van der Waals surface area contributed by atoms with Gasteiger partial charge in [-0.1, -0.05) is 6.92 Å². The summed E-state index contributed by atoms with van der Waals surface area (Å²) in [5.41, 5.74) is -0.0963. The molecule has 1 amide bonds. The number of likely N-dealkylation sites (N-methyl/N-ethyl adjacent to an activating group) is 1. The Morgan fingerprint density at radius 3 is 2.52 bits per heavy atom. The van der Waals surface area contributed by atoms with E-state index >= 15 is 0 Å². The van der Waals surface area contributed by atoms with Gasteiger partial charge in [0.25, 0.3) is 11.6 Å². The fraction of sp³-hybridized carbons (Fsp3) is 0.611. The van der Waals surface area contributed by atoms with Gasteiger partial charge < -0.3 is 14.9 Å². The molecule has 1 aliphatic rings. The first kappa shape index (κ1) is 19.2. The number of aliphatic hydroxyl groups is 1. The Hall–Kier alpha value is -2.15. The Bertz CT molecular complexity index is 646. The fourth-order valence-corrected chi connectivity index (χ4v) is 3.19. The molecule has 0 spiro atoms. The molecule has 0 radical (unpaired) electrons. The van der Waals surface area contributed by atoms with Crippen LogP contribution in [0.5, 0.6) is 0 Å². The predicted molar refractivity (Wildman–Crippen MR) is 97.0 cm³/mol. The zero-order valence-corrected chi connectivity index (χ0v) is 15.4. The topological polar surface area (TPSA) is 86.9 Å². The van der Waals surface area contributed by atoms with Crippen LogP contribution in [-0.4, -0.2) is 53.1 Å². The van der Waals surface area contributed by atoms with E-state index in [0.717, 1.165) is 31.6 Å². The average Bonchev–Trinajstić information content (AvgIpc) is 2.52. The van der Waals surface area contributed by atoms with Crippen LogP contribution in [0.1, 0.15) is 44.0 Å². The van der Waals surface area contributed by atoms with E-state index in [4.69, 9.17) is 0 Å². The normalized spacial score (nSPS) is 16.0. The number of rotatable bonds is 5. The molecular weight excluding hydrogens is 322 g/mol. The molecule has 0 bridgehead atoms. The number of piperidine rings is 1. The van der Waals surface area contributed by atoms with Crippen molar-refractivity contribution < 1.29 is 14.8 Å². The molecule has 1 aromatic carbocycles. The van der Waals surface area contributed by atoms with Crippen molar-refractivity contribution in [3.8, 4) is 0 Å². The van der Waals surface area contributed by atoms with Gasteiger partial charge in [-0.05, 0) is 38.7 Å². The summed E-state index contributed by atoms with van der Waals surface area (Å²) in [5, 5.41) is 21.1. The molecule has 1 heterocycles. The van der Waals surface area contributed by atoms with E-state index in [-0.39, 0.29) is 18.1 Å². The summed E-state index contributed by atoms with van der Waals surface area (Å²) in [4.78, 5) is 27.1. The van der Waals surface area contributed by atoms with Gasteiger partial charge in [0.1, 0.15) is 0 Å². The molecule has 1 fully saturated rings. The minimum absolute atomic E-state index is 0.103. The first-order valence-corrected chi connectivity index (χ1v) is 8.60. The molecular formula is C18H27N3O4. The molecule has 0 atom stereocenters. The lowest BCUT2D eigenvalue weighted by atomic mass is 9.97. The van der Waals surface area contributed by atoms with E-state index in [9.17, 15) is 20.0 Å². The van der Waals surface area contributed by atoms with E-state index < -0.39 is 10.5 Å². The van der Waals surface area contributed by atoms with Crippen molar-refractivity contribution in [2.45, 2.75) is 39.2 Å². The number of benzene rings is 1. The second-order valence-corrected chi connectivity index (χ2v) is 7.60. The highest BCUT2D eigenvalue weighted by molar-refractivity contribution is 6.00. The van der Waals surface area contributed by atoms with Crippen molar-refractivity contribution >= 4 is 17.3 Å². The van der Waals surface area contributed by atoms with Crippen molar-refractivity contribution in [1.29, 1.82) is 0 Å². The quantitative estimate of drug-likeness (QED) is 0.652. The first-order chi connectivity index (χ1) is 11.6. The van der Waals surface area contributed by atoms with Crippen molar-refractivity contribution in [3.05, 3.63) is 33.9 Å². The zero-order valence-electron chi connectivity index (χ0n) is 15.4. The lowest BCUT2D eigenvalue weighted by Gasteiger charge is -2.34. The highest BCUT2D eigenvalue weighted by atomic mass is 16.6. The van der Waals surface area contributed by atoms with Gasteiger partial charge in [0, 0.05) is 38.8 Å². The van der Waals surface area contributed by atoms with E-state index in [1.54, 1.807) is 27.0 Å². The van der Waals surface area contributed by atoms with Gasteiger partial charge in [-0.2, -0.15) is 0 Å². The molecule has 7 heteroatoms. The molecule has 1 aliphatic heterocycles. The Morgan fingerprint density at radius 1 is 1.40 bits per heavy atom. The van der Waals surface area contributed by atoms with E-state index in [1.165, 1.54) is 17.0 Å². The Labute approximate surface area is 148 Å². The van der Waals surface area contributed by atoms with Crippen LogP contribution >= 0.6 is 0 Å². The third-order valence-electron chi connectivity index (χ3n) is 4.52. The summed E-state index contributed by atoms with van der Waals surface area (Å²) in [5.74, 6) is 0.325. The molecule has 1 N–H and O–H groups in total. The Kier molecular flexibility index (Phi) is 5.67. The average molecular weight is 349 g/mol. The smallest absolute Gasteiger partial charge is 0.270 e. The van der Waals surface area contributed by atoms with Crippen LogP contribution in [0, 0.1) is 16.0 Å². The third kappa shape index (κ3) is 4.92. The van der Waals surface area contributed by atoms with Gasteiger partial charge in [0.15, 0.2) is 0 Å². The second kappa shape index (κ2) is 7.39. The minimum Gasteiger partial charge on any atom is -0.389 e. The number of hydrogen-bond acceptors (Lipinski definition) is 5. The Morgan fingerprint density at radius 2 is 2.00 bits per heavy atom. The number of hydrogen-bond donors (Lipinski definition) is 1. The number of nitro groups is 1. The predicted octanol–water partition coefficient (Wildman–Crippen LogP) is 2.67. The molecule has 1 aromatic rings. The molecule has 25 heavy (non-hydrogen) atoms. The third-order valence-corrected chi connectivity index (χ3v) is 4.52. The van der Waals surface area contributed by atoms with Crippen LogP contribution in [0.4, 0.5) is 11.4 Å². The lowest BCUT2D eigenvalue weighted by molar-refractivity contribution is -0.384. The van der Waals surface area contributed by atoms with Crippen LogP contribution in [0.2, 0.25) is 0 Å². The van der Waals surface area contributed by atoms with Crippen molar-refractivity contribution in [2.24, 2.45) is 5.92 Å². The maximum atomic E-state index is 12.9. The summed E-state index contributed by atoms with van der Waals surface area (Å²) >= 11 is 0. The molecule has 138 valence electrons. The monoisotopic (exact) mass is 349 g/mol. The molecule has 0 unspecified atom stereocenters. The number of carbonyl (C=O) groups is 1. The van der Waals surface area contributed by atoms with Crippen molar-refractivity contribution in [2.75, 3.05) is 31.6 Å². The molecule has 0 aromatic heterocycles. The van der Waals surface area contributed by atoms with Gasteiger partial charge in [-0.15, -0.1) is 0 Å². The number of carbonyl (C=O) groups excluding carboxylic acids is 1. The van der Waals surface area contributed by atoms with E-state index in [1.807, 2.05) is 0 Å². The number of anilines is 1. The van der Waals surface area contributed by atoms with Crippen LogP contribution in [-0.2, 0) is 0 Å². The largest absolute Gasteiger partial charge is 0.389 e. The molecule has 0 saturated carbocycles. The lowest BCUT2D eigenvalue weighted by Crippen LogP contribution is -2.41. The van der Waals surface area contributed by atoms with E-state index in [2.05, 4.69) is 11.8 Å². The molecule has 2 rings (SSSR count). The SMILES string of the molecule is CC1CCN(c2ccc([N+](=O)[O-])cc2C(=O)N(C)CC(C)(C)O)CC1. The maximum absolute atomic E-state index is 12.9. The first-order valence-electron chi connectivity index (χ1n) is 8.60. The second-order valence-electron chi connectivity index (χ2n) is 7.60. The minimum atomic E-state index is -1.04. The maximum Gasteiger partial charge on any atom is 0.270 e. The van der Waals surface area contributed by atoms with Crippen LogP contribution in [0.3, 0.4) is 0 Å². The van der Waals surface area contributed by atoms with Crippen molar-refractivity contribution in [1.82, 2.24) is 4.90 Å². The fourth-order valence-electron chi connectivity index (χ4n) is 3.19. The van der Waals surface area contributed by atoms with Gasteiger partial charge in [-0.3, -0.25) is 14.9 Å². The van der Waals surface area contributed by atoms with Crippen LogP contribution in [0.25, 0.3) is 0 Å². The summed E-state index contributed by atoms with van der Waals surface area (Å²) in [7, 11) is 1.60. The number of amides is 1. The number of nitro benzene ring substituents is 1. The summed E-state index contributed by atoms with van der Waals surface area (Å²) in [6.07, 6.45) is 2.06. The molecule has 0 aliphatic carbocycles. The highest BCUT2D eigenvalue weighted by Crippen LogP contribution is 2.30. The van der Waals surface area contributed by atoms with Gasteiger partial charge >= 0.3 is 0 Å². The van der Waals surface area contributed by atoms with Crippen molar-refractivity contribution in [3.63, 3.8) is 0 Å².